The van der Waals surface area contributed by atoms with Crippen LogP contribution in [0, 0.1) is 5.82 Å². The molecule has 1 aliphatic rings. The van der Waals surface area contributed by atoms with Crippen LogP contribution in [0.25, 0.3) is 11.1 Å². The molecule has 0 aromatic heterocycles. The van der Waals surface area contributed by atoms with E-state index in [1.807, 2.05) is 0 Å². The molecule has 0 atom stereocenters. The van der Waals surface area contributed by atoms with Gasteiger partial charge in [0.2, 0.25) is 0 Å². The Morgan fingerprint density at radius 3 is 2.26 bits per heavy atom. The molecule has 1 saturated heterocycles. The van der Waals surface area contributed by atoms with E-state index < -0.39 is 23.7 Å². The Labute approximate surface area is 192 Å². The molecule has 3 aromatic carbocycles. The van der Waals surface area contributed by atoms with Gasteiger partial charge in [0, 0.05) is 23.5 Å². The van der Waals surface area contributed by atoms with E-state index in [0.717, 1.165) is 24.3 Å². The van der Waals surface area contributed by atoms with Crippen molar-refractivity contribution in [2.75, 3.05) is 16.8 Å². The number of nitrogens with zero attached hydrogens (tertiary/aromatic N) is 2. The van der Waals surface area contributed by atoms with Gasteiger partial charge < -0.3 is 10.2 Å². The monoisotopic (exact) mass is 469 g/mol. The highest BCUT2D eigenvalue weighted by atomic mass is 19.4. The number of halogens is 4. The molecule has 0 radical (unpaired) electrons. The Hall–Kier alpha value is -4.01. The fourth-order valence-corrected chi connectivity index (χ4v) is 3.65. The minimum absolute atomic E-state index is 0.0499. The van der Waals surface area contributed by atoms with Gasteiger partial charge in [0.15, 0.2) is 0 Å². The molecule has 1 heterocycles. The van der Waals surface area contributed by atoms with Gasteiger partial charge in [0.25, 0.3) is 5.91 Å². The summed E-state index contributed by atoms with van der Waals surface area (Å²) in [6.45, 7) is 0.428. The molecule has 0 unspecified atom stereocenters. The van der Waals surface area contributed by atoms with Crippen LogP contribution in [0.4, 0.5) is 33.7 Å². The van der Waals surface area contributed by atoms with Crippen molar-refractivity contribution in [1.82, 2.24) is 0 Å². The van der Waals surface area contributed by atoms with Crippen molar-refractivity contribution in [3.05, 3.63) is 84.2 Å². The second-order valence-electron chi connectivity index (χ2n) is 7.65. The largest absolute Gasteiger partial charge is 0.416 e. The quantitative estimate of drug-likeness (QED) is 0.457. The highest BCUT2D eigenvalue weighted by Gasteiger charge is 2.30. The number of anilines is 2. The predicted octanol–water partition coefficient (Wildman–Crippen LogP) is 6.31. The first-order valence-electron chi connectivity index (χ1n) is 10.4. The van der Waals surface area contributed by atoms with Gasteiger partial charge in [0.1, 0.15) is 11.5 Å². The SMILES string of the molecule is O=C(/N=C1\CCCN(c2ccc(-c3ccccc3F)cc2)C1=O)Nc1ccc(C(F)(F)F)cc1. The topological polar surface area (TPSA) is 61.8 Å². The zero-order valence-corrected chi connectivity index (χ0v) is 17.8. The van der Waals surface area contributed by atoms with Crippen LogP contribution in [-0.2, 0) is 11.0 Å². The molecule has 3 aromatic rings. The maximum absolute atomic E-state index is 14.0. The van der Waals surface area contributed by atoms with E-state index in [1.165, 1.54) is 11.0 Å². The molecule has 5 nitrogen and oxygen atoms in total. The maximum Gasteiger partial charge on any atom is 0.416 e. The molecule has 0 bridgehead atoms. The van der Waals surface area contributed by atoms with Crippen molar-refractivity contribution < 1.29 is 27.2 Å². The highest BCUT2D eigenvalue weighted by Crippen LogP contribution is 2.30. The number of carbonyl (C=O) groups is 2. The van der Waals surface area contributed by atoms with E-state index in [-0.39, 0.29) is 17.2 Å². The first-order valence-corrected chi connectivity index (χ1v) is 10.4. The number of carbonyl (C=O) groups excluding carboxylic acids is 2. The van der Waals surface area contributed by atoms with E-state index in [2.05, 4.69) is 10.3 Å². The van der Waals surface area contributed by atoms with E-state index in [1.54, 1.807) is 42.5 Å². The third kappa shape index (κ3) is 5.14. The van der Waals surface area contributed by atoms with Gasteiger partial charge in [-0.05, 0) is 60.9 Å². The van der Waals surface area contributed by atoms with Gasteiger partial charge >= 0.3 is 12.2 Å². The lowest BCUT2D eigenvalue weighted by Gasteiger charge is -2.27. The van der Waals surface area contributed by atoms with E-state index in [9.17, 15) is 27.2 Å². The lowest BCUT2D eigenvalue weighted by molar-refractivity contribution is -0.137. The van der Waals surface area contributed by atoms with Gasteiger partial charge in [0.05, 0.1) is 5.56 Å². The number of urea groups is 1. The van der Waals surface area contributed by atoms with Crippen LogP contribution in [0.5, 0.6) is 0 Å². The summed E-state index contributed by atoms with van der Waals surface area (Å²) in [6, 6.07) is 16.3. The molecule has 1 fully saturated rings. The third-order valence-corrected chi connectivity index (χ3v) is 5.35. The number of hydrogen-bond donors (Lipinski definition) is 1. The highest BCUT2D eigenvalue weighted by molar-refractivity contribution is 6.45. The minimum Gasteiger partial charge on any atom is -0.307 e. The standard InChI is InChI=1S/C25H19F4N3O2/c26-21-5-2-1-4-20(21)16-7-13-19(14-8-16)32-15-3-6-22(23(32)33)31-24(34)30-18-11-9-17(10-12-18)25(27,28)29/h1-2,4-5,7-14H,3,6,15H2,(H,30,34)/b31-22+. The van der Waals surface area contributed by atoms with Gasteiger partial charge in [-0.25, -0.2) is 9.18 Å². The number of alkyl halides is 3. The van der Waals surface area contributed by atoms with Crippen molar-refractivity contribution >= 4 is 29.0 Å². The molecule has 174 valence electrons. The Morgan fingerprint density at radius 1 is 0.941 bits per heavy atom. The predicted molar refractivity (Wildman–Crippen MR) is 121 cm³/mol. The Balaban J connectivity index is 1.46. The van der Waals surface area contributed by atoms with E-state index in [0.29, 0.717) is 36.2 Å². The van der Waals surface area contributed by atoms with Crippen LogP contribution in [0.3, 0.4) is 0 Å². The second-order valence-corrected chi connectivity index (χ2v) is 7.65. The van der Waals surface area contributed by atoms with Crippen molar-refractivity contribution in [3.8, 4) is 11.1 Å². The third-order valence-electron chi connectivity index (χ3n) is 5.35. The first kappa shape index (κ1) is 23.2. The molecule has 3 amide bonds. The summed E-state index contributed by atoms with van der Waals surface area (Å²) in [6.07, 6.45) is -3.61. The smallest absolute Gasteiger partial charge is 0.307 e. The average molecular weight is 469 g/mol. The molecular weight excluding hydrogens is 450 g/mol. The summed E-state index contributed by atoms with van der Waals surface area (Å²) < 4.78 is 52.0. The van der Waals surface area contributed by atoms with Gasteiger partial charge in [-0.2, -0.15) is 18.2 Å². The summed E-state index contributed by atoms with van der Waals surface area (Å²) >= 11 is 0. The number of nitrogens with one attached hydrogen (secondary N) is 1. The zero-order chi connectivity index (χ0) is 24.3. The number of hydrogen-bond acceptors (Lipinski definition) is 2. The molecule has 9 heteroatoms. The first-order chi connectivity index (χ1) is 16.2. The van der Waals surface area contributed by atoms with Crippen molar-refractivity contribution in [2.24, 2.45) is 4.99 Å². The summed E-state index contributed by atoms with van der Waals surface area (Å²) in [5, 5.41) is 2.37. The van der Waals surface area contributed by atoms with Crippen LogP contribution >= 0.6 is 0 Å². The van der Waals surface area contributed by atoms with Crippen molar-refractivity contribution in [1.29, 1.82) is 0 Å². The van der Waals surface area contributed by atoms with E-state index in [4.69, 9.17) is 0 Å². The molecule has 4 rings (SSSR count). The average Bonchev–Trinajstić information content (AvgIpc) is 2.81. The Kier molecular flexibility index (Phi) is 6.45. The number of piperidine rings is 1. The van der Waals surface area contributed by atoms with Crippen molar-refractivity contribution in [3.63, 3.8) is 0 Å². The molecule has 1 aliphatic heterocycles. The Morgan fingerprint density at radius 2 is 1.62 bits per heavy atom. The molecule has 34 heavy (non-hydrogen) atoms. The number of amides is 3. The summed E-state index contributed by atoms with van der Waals surface area (Å²) in [7, 11) is 0. The molecule has 0 aliphatic carbocycles. The lowest BCUT2D eigenvalue weighted by Crippen LogP contribution is -2.42. The van der Waals surface area contributed by atoms with Crippen LogP contribution in [-0.4, -0.2) is 24.2 Å². The van der Waals surface area contributed by atoms with Gasteiger partial charge in [-0.15, -0.1) is 0 Å². The van der Waals surface area contributed by atoms with Crippen LogP contribution in [0.1, 0.15) is 18.4 Å². The summed E-state index contributed by atoms with van der Waals surface area (Å²) in [5.74, 6) is -0.787. The fourth-order valence-electron chi connectivity index (χ4n) is 3.65. The van der Waals surface area contributed by atoms with Crippen LogP contribution in [0.2, 0.25) is 0 Å². The van der Waals surface area contributed by atoms with Crippen molar-refractivity contribution in [2.45, 2.75) is 19.0 Å². The normalized spacial score (nSPS) is 15.5. The minimum atomic E-state index is -4.48. The molecular formula is C25H19F4N3O2. The Bertz CT molecular complexity index is 1240. The summed E-state index contributed by atoms with van der Waals surface area (Å²) in [4.78, 5) is 30.5. The second kappa shape index (κ2) is 9.46. The van der Waals surface area contributed by atoms with Crippen LogP contribution < -0.4 is 10.2 Å². The van der Waals surface area contributed by atoms with Gasteiger partial charge in [-0.1, -0.05) is 30.3 Å². The maximum atomic E-state index is 14.0. The summed E-state index contributed by atoms with van der Waals surface area (Å²) in [5.41, 5.74) is 1.04. The molecule has 0 saturated carbocycles. The number of benzene rings is 3. The number of rotatable bonds is 3. The zero-order valence-electron chi connectivity index (χ0n) is 17.8. The number of aliphatic imine (C=N–C) groups is 1. The molecule has 0 spiro atoms. The lowest BCUT2D eigenvalue weighted by atomic mass is 10.0. The molecule has 1 N–H and O–H groups in total. The fraction of sp³-hybridized carbons (Fsp3) is 0.160. The van der Waals surface area contributed by atoms with Gasteiger partial charge in [-0.3, -0.25) is 4.79 Å². The van der Waals surface area contributed by atoms with E-state index >= 15 is 0 Å². The van der Waals surface area contributed by atoms with Crippen LogP contribution in [0.15, 0.2) is 77.8 Å².